The molecule has 3 fully saturated rings. The summed E-state index contributed by atoms with van der Waals surface area (Å²) in [6.45, 7) is 5.22. The number of hydrogen-bond acceptors (Lipinski definition) is 10. The summed E-state index contributed by atoms with van der Waals surface area (Å²) < 4.78 is 24.3. The molecule has 2 unspecified atom stereocenters. The fraction of sp³-hybridized carbons (Fsp3) is 0.387. The molecule has 0 spiro atoms. The smallest absolute Gasteiger partial charge is 0.198 e. The minimum Gasteiger partial charge on any atom is -0.507 e. The largest absolute Gasteiger partial charge is 0.507 e. The predicted octanol–water partition coefficient (Wildman–Crippen LogP) is 3.75. The van der Waals surface area contributed by atoms with Crippen molar-refractivity contribution in [2.75, 3.05) is 0 Å². The first kappa shape index (κ1) is 26.1. The fourth-order valence-electron chi connectivity index (χ4n) is 6.63. The standard InChI is InChI=1S/C31H28O10/c1-11-6-16-19(33)8-17-25(24(16)20(34)7-11)28(36)15-5-4-14(27(35)26(15)29(17)37)21-10-22-30(13(3)38-21)40-23-9-18(32)12(2)39-31(23)41-22/h4-8,12-13,21-23,30-31,33-35H,9-10H2,1-3H3/t12-,13-,21+,22-,23?,30-,31?/m1/s1. The maximum atomic E-state index is 13.8. The zero-order chi connectivity index (χ0) is 28.9. The second-order valence-electron chi connectivity index (χ2n) is 11.3. The molecule has 3 aromatic carbocycles. The van der Waals surface area contributed by atoms with Crippen molar-refractivity contribution in [1.29, 1.82) is 0 Å². The Morgan fingerprint density at radius 3 is 2.34 bits per heavy atom. The minimum atomic E-state index is -0.703. The van der Waals surface area contributed by atoms with Crippen molar-refractivity contribution >= 4 is 28.1 Å². The molecule has 212 valence electrons. The van der Waals surface area contributed by atoms with E-state index in [-0.39, 0.29) is 63.2 Å². The number of aryl methyl sites for hydroxylation is 1. The van der Waals surface area contributed by atoms with Gasteiger partial charge in [0.25, 0.3) is 0 Å². The lowest BCUT2D eigenvalue weighted by molar-refractivity contribution is -0.346. The van der Waals surface area contributed by atoms with E-state index in [4.69, 9.17) is 18.9 Å². The third kappa shape index (κ3) is 3.82. The number of fused-ring (bicyclic) bond motifs is 6. The van der Waals surface area contributed by atoms with Gasteiger partial charge < -0.3 is 34.3 Å². The van der Waals surface area contributed by atoms with Crippen LogP contribution in [0.4, 0.5) is 0 Å². The highest BCUT2D eigenvalue weighted by atomic mass is 16.7. The first-order chi connectivity index (χ1) is 19.5. The minimum absolute atomic E-state index is 0.00759. The number of ether oxygens (including phenoxy) is 4. The summed E-state index contributed by atoms with van der Waals surface area (Å²) in [5.74, 6) is -2.13. The molecule has 7 atom stereocenters. The lowest BCUT2D eigenvalue weighted by Gasteiger charge is -2.49. The van der Waals surface area contributed by atoms with Gasteiger partial charge >= 0.3 is 0 Å². The van der Waals surface area contributed by atoms with Crippen LogP contribution in [0.1, 0.15) is 75.8 Å². The molecule has 41 heavy (non-hydrogen) atoms. The molecule has 3 saturated heterocycles. The van der Waals surface area contributed by atoms with Gasteiger partial charge in [0.2, 0.25) is 0 Å². The summed E-state index contributed by atoms with van der Waals surface area (Å²) in [7, 11) is 0. The van der Waals surface area contributed by atoms with Gasteiger partial charge in [0.1, 0.15) is 35.6 Å². The Labute approximate surface area is 234 Å². The van der Waals surface area contributed by atoms with Crippen LogP contribution >= 0.6 is 0 Å². The van der Waals surface area contributed by atoms with Crippen molar-refractivity contribution in [3.8, 4) is 17.2 Å². The quantitative estimate of drug-likeness (QED) is 0.314. The summed E-state index contributed by atoms with van der Waals surface area (Å²) in [5, 5.41) is 33.1. The number of benzene rings is 3. The number of hydrogen-bond donors (Lipinski definition) is 3. The normalized spacial score (nSPS) is 30.9. The van der Waals surface area contributed by atoms with Crippen LogP contribution in [0, 0.1) is 6.92 Å². The maximum Gasteiger partial charge on any atom is 0.198 e. The van der Waals surface area contributed by atoms with Gasteiger partial charge in [-0.2, -0.15) is 0 Å². The Bertz CT molecular complexity index is 1680. The van der Waals surface area contributed by atoms with Gasteiger partial charge in [-0.1, -0.05) is 6.07 Å². The average Bonchev–Trinajstić information content (AvgIpc) is 2.91. The number of phenols is 3. The topological polar surface area (TPSA) is 149 Å². The van der Waals surface area contributed by atoms with Crippen molar-refractivity contribution in [3.63, 3.8) is 0 Å². The Morgan fingerprint density at radius 1 is 0.805 bits per heavy atom. The Morgan fingerprint density at radius 2 is 1.56 bits per heavy atom. The summed E-state index contributed by atoms with van der Waals surface area (Å²) in [6.07, 6.45) is -3.45. The molecule has 0 bridgehead atoms. The van der Waals surface area contributed by atoms with Crippen LogP contribution < -0.4 is 0 Å². The Balaban J connectivity index is 1.25. The van der Waals surface area contributed by atoms with Crippen molar-refractivity contribution in [2.24, 2.45) is 0 Å². The fourth-order valence-corrected chi connectivity index (χ4v) is 6.63. The molecule has 1 aliphatic carbocycles. The molecule has 3 heterocycles. The van der Waals surface area contributed by atoms with E-state index in [0.717, 1.165) is 0 Å². The molecular formula is C31H28O10. The van der Waals surface area contributed by atoms with Gasteiger partial charge in [-0.25, -0.2) is 0 Å². The van der Waals surface area contributed by atoms with E-state index < -0.39 is 60.2 Å². The number of carbonyl (C=O) groups is 3. The first-order valence-corrected chi connectivity index (χ1v) is 13.6. The number of aromatic hydroxyl groups is 3. The highest BCUT2D eigenvalue weighted by Crippen LogP contribution is 2.47. The molecule has 3 aromatic rings. The van der Waals surface area contributed by atoms with Gasteiger partial charge in [-0.3, -0.25) is 14.4 Å². The molecule has 4 aliphatic rings. The number of ketones is 3. The number of Topliss-reactive ketones (excluding diaryl/α,β-unsaturated/α-hetero) is 1. The van der Waals surface area contributed by atoms with Crippen LogP contribution in [0.3, 0.4) is 0 Å². The number of carbonyl (C=O) groups excluding carboxylic acids is 3. The Hall–Kier alpha value is -3.83. The van der Waals surface area contributed by atoms with Crippen molar-refractivity contribution in [2.45, 2.75) is 76.5 Å². The zero-order valence-electron chi connectivity index (χ0n) is 22.5. The Kier molecular flexibility index (Phi) is 5.78. The molecule has 3 N–H and O–H groups in total. The summed E-state index contributed by atoms with van der Waals surface area (Å²) in [5.41, 5.74) is 0.658. The second kappa shape index (κ2) is 9.09. The molecule has 3 aliphatic heterocycles. The van der Waals surface area contributed by atoms with E-state index in [0.29, 0.717) is 11.1 Å². The number of phenolic OH excluding ortho intramolecular Hbond substituents is 3. The van der Waals surface area contributed by atoms with E-state index in [1.807, 2.05) is 6.92 Å². The monoisotopic (exact) mass is 560 g/mol. The van der Waals surface area contributed by atoms with Gasteiger partial charge in [0.15, 0.2) is 23.6 Å². The van der Waals surface area contributed by atoms with E-state index in [1.54, 1.807) is 26.0 Å². The molecule has 0 aromatic heterocycles. The van der Waals surface area contributed by atoms with Crippen LogP contribution in [-0.4, -0.2) is 69.5 Å². The van der Waals surface area contributed by atoms with Gasteiger partial charge in [-0.15, -0.1) is 0 Å². The molecule has 10 nitrogen and oxygen atoms in total. The van der Waals surface area contributed by atoms with Gasteiger partial charge in [0.05, 0.1) is 23.9 Å². The van der Waals surface area contributed by atoms with E-state index in [2.05, 4.69) is 0 Å². The van der Waals surface area contributed by atoms with Crippen molar-refractivity contribution < 1.29 is 48.7 Å². The van der Waals surface area contributed by atoms with Crippen molar-refractivity contribution in [1.82, 2.24) is 0 Å². The molecule has 0 radical (unpaired) electrons. The molecule has 10 heteroatoms. The number of rotatable bonds is 1. The van der Waals surface area contributed by atoms with Crippen molar-refractivity contribution in [3.05, 3.63) is 63.7 Å². The molecule has 0 saturated carbocycles. The van der Waals surface area contributed by atoms with E-state index in [9.17, 15) is 29.7 Å². The third-order valence-corrected chi connectivity index (χ3v) is 8.63. The van der Waals surface area contributed by atoms with Crippen LogP contribution in [0.25, 0.3) is 10.8 Å². The second-order valence-corrected chi connectivity index (χ2v) is 11.3. The molecular weight excluding hydrogens is 532 g/mol. The molecule has 0 amide bonds. The van der Waals surface area contributed by atoms with Gasteiger partial charge in [-0.05, 0) is 50.6 Å². The third-order valence-electron chi connectivity index (χ3n) is 8.63. The van der Waals surface area contributed by atoms with Crippen LogP contribution in [0.5, 0.6) is 17.2 Å². The maximum absolute atomic E-state index is 13.8. The summed E-state index contributed by atoms with van der Waals surface area (Å²) >= 11 is 0. The SMILES string of the molecule is Cc1cc(O)c2c3c(cc(O)c2c1)C(=O)c1c(ccc([C@@H]2C[C@H]4OC5O[C@H](C)C(=O)CC5O[C@@H]4[C@@H](C)O2)c1O)C3=O. The molecule has 7 rings (SSSR count). The predicted molar refractivity (Wildman–Crippen MR) is 142 cm³/mol. The summed E-state index contributed by atoms with van der Waals surface area (Å²) in [4.78, 5) is 39.6. The van der Waals surface area contributed by atoms with E-state index >= 15 is 0 Å². The van der Waals surface area contributed by atoms with Crippen LogP contribution in [-0.2, 0) is 23.7 Å². The highest BCUT2D eigenvalue weighted by Gasteiger charge is 2.50. The lowest BCUT2D eigenvalue weighted by atomic mass is 9.79. The summed E-state index contributed by atoms with van der Waals surface area (Å²) in [6, 6.07) is 7.32. The highest BCUT2D eigenvalue weighted by molar-refractivity contribution is 6.34. The van der Waals surface area contributed by atoms with Crippen LogP contribution in [0.15, 0.2) is 30.3 Å². The average molecular weight is 561 g/mol. The first-order valence-electron chi connectivity index (χ1n) is 13.6. The lowest BCUT2D eigenvalue weighted by Crippen LogP contribution is -2.60. The van der Waals surface area contributed by atoms with E-state index in [1.165, 1.54) is 18.2 Å². The zero-order valence-corrected chi connectivity index (χ0v) is 22.5. The van der Waals surface area contributed by atoms with Gasteiger partial charge in [0, 0.05) is 45.9 Å². The van der Waals surface area contributed by atoms with Crippen LogP contribution in [0.2, 0.25) is 0 Å².